The largest absolute Gasteiger partial charge is 0.432 e. The standard InChI is InChI=1S/C21H24F6N4O2S/c1-6-7-10-31-18(34-17(29-31)19(3,4)5)28-16(32)14-11-13(21(25,26)27)8-9-15(14)33-30-12(2)20(22,23)24/h8-9,11H,6-7,10H2,1-5H3/b28-18-,30-12+. The monoisotopic (exact) mass is 510 g/mol. The Kier molecular flexibility index (Phi) is 8.33. The molecule has 6 nitrogen and oxygen atoms in total. The second-order valence-electron chi connectivity index (χ2n) is 8.41. The molecule has 0 aliphatic heterocycles. The van der Waals surface area contributed by atoms with Crippen LogP contribution in [-0.4, -0.2) is 27.6 Å². The van der Waals surface area contributed by atoms with Crippen LogP contribution in [0, 0.1) is 0 Å². The average molecular weight is 511 g/mol. The van der Waals surface area contributed by atoms with E-state index in [1.54, 1.807) is 0 Å². The van der Waals surface area contributed by atoms with E-state index in [4.69, 9.17) is 4.84 Å². The predicted molar refractivity (Wildman–Crippen MR) is 115 cm³/mol. The van der Waals surface area contributed by atoms with Gasteiger partial charge in [0.25, 0.3) is 5.91 Å². The number of unbranched alkanes of at least 4 members (excludes halogenated alkanes) is 1. The van der Waals surface area contributed by atoms with Crippen LogP contribution in [-0.2, 0) is 18.1 Å². The fourth-order valence-corrected chi connectivity index (χ4v) is 3.40. The zero-order chi connectivity index (χ0) is 25.9. The Balaban J connectivity index is 2.61. The van der Waals surface area contributed by atoms with Crippen LogP contribution in [0.25, 0.3) is 0 Å². The summed E-state index contributed by atoms with van der Waals surface area (Å²) in [6.07, 6.45) is -8.07. The molecule has 2 rings (SSSR count). The van der Waals surface area contributed by atoms with Crippen molar-refractivity contribution < 1.29 is 36.0 Å². The summed E-state index contributed by atoms with van der Waals surface area (Å²) in [7, 11) is 0. The van der Waals surface area contributed by atoms with Gasteiger partial charge in [0.05, 0.1) is 11.1 Å². The van der Waals surface area contributed by atoms with Gasteiger partial charge in [0.2, 0.25) is 4.80 Å². The van der Waals surface area contributed by atoms with E-state index in [2.05, 4.69) is 15.2 Å². The molecule has 0 fully saturated rings. The number of nitrogens with zero attached hydrogens (tertiary/aromatic N) is 4. The summed E-state index contributed by atoms with van der Waals surface area (Å²) in [4.78, 5) is 21.7. The number of rotatable bonds is 6. The number of hydrogen-bond acceptors (Lipinski definition) is 5. The molecule has 0 spiro atoms. The molecule has 0 aliphatic rings. The number of amides is 1. The first-order chi connectivity index (χ1) is 15.5. The smallest absolute Gasteiger partial charge is 0.356 e. The molecule has 188 valence electrons. The van der Waals surface area contributed by atoms with Gasteiger partial charge >= 0.3 is 12.4 Å². The predicted octanol–water partition coefficient (Wildman–Crippen LogP) is 6.12. The Morgan fingerprint density at radius 3 is 2.32 bits per heavy atom. The molecule has 1 aromatic carbocycles. The molecule has 0 aliphatic carbocycles. The summed E-state index contributed by atoms with van der Waals surface area (Å²) in [5.74, 6) is -1.72. The second-order valence-corrected chi connectivity index (χ2v) is 9.36. The lowest BCUT2D eigenvalue weighted by atomic mass is 9.98. The average Bonchev–Trinajstić information content (AvgIpc) is 3.11. The lowest BCUT2D eigenvalue weighted by Gasteiger charge is -2.12. The summed E-state index contributed by atoms with van der Waals surface area (Å²) in [5, 5.41) is 8.02. The number of hydrogen-bond donors (Lipinski definition) is 0. The second kappa shape index (κ2) is 10.3. The van der Waals surface area contributed by atoms with Gasteiger partial charge in [-0.1, -0.05) is 50.6 Å². The topological polar surface area (TPSA) is 68.8 Å². The zero-order valence-corrected chi connectivity index (χ0v) is 20.0. The number of benzene rings is 1. The lowest BCUT2D eigenvalue weighted by Crippen LogP contribution is -2.21. The molecule has 0 saturated carbocycles. The van der Waals surface area contributed by atoms with Gasteiger partial charge in [-0.25, -0.2) is 4.68 Å². The molecule has 0 bridgehead atoms. The molecule has 0 atom stereocenters. The summed E-state index contributed by atoms with van der Waals surface area (Å²) in [5.41, 5.74) is -3.61. The molecule has 1 heterocycles. The highest BCUT2D eigenvalue weighted by molar-refractivity contribution is 7.09. The SMILES string of the molecule is CCCCn1nc(C(C)(C)C)s/c1=N\C(=O)c1cc(C(F)(F)F)ccc1O/N=C(\C)C(F)(F)F. The highest BCUT2D eigenvalue weighted by Crippen LogP contribution is 2.33. The first-order valence-electron chi connectivity index (χ1n) is 10.2. The van der Waals surface area contributed by atoms with E-state index in [0.717, 1.165) is 30.2 Å². The van der Waals surface area contributed by atoms with Crippen molar-refractivity contribution in [2.24, 2.45) is 10.1 Å². The van der Waals surface area contributed by atoms with E-state index < -0.39 is 40.8 Å². The van der Waals surface area contributed by atoms with Crippen molar-refractivity contribution in [1.29, 1.82) is 0 Å². The van der Waals surface area contributed by atoms with Crippen LogP contribution in [0.15, 0.2) is 28.3 Å². The maximum atomic E-state index is 13.2. The molecule has 0 radical (unpaired) electrons. The van der Waals surface area contributed by atoms with Crippen LogP contribution < -0.4 is 9.64 Å². The fraction of sp³-hybridized carbons (Fsp3) is 0.524. The van der Waals surface area contributed by atoms with Crippen molar-refractivity contribution in [2.45, 2.75) is 71.8 Å². The minimum atomic E-state index is -4.81. The maximum absolute atomic E-state index is 13.2. The van der Waals surface area contributed by atoms with Gasteiger partial charge in [-0.3, -0.25) is 4.79 Å². The number of aryl methyl sites for hydroxylation is 1. The Labute approximate surface area is 196 Å². The van der Waals surface area contributed by atoms with Gasteiger partial charge in [-0.05, 0) is 31.5 Å². The summed E-state index contributed by atoms with van der Waals surface area (Å²) in [6.45, 7) is 8.72. The van der Waals surface area contributed by atoms with Crippen molar-refractivity contribution in [1.82, 2.24) is 9.78 Å². The minimum Gasteiger partial charge on any atom is -0.356 e. The maximum Gasteiger partial charge on any atom is 0.432 e. The van der Waals surface area contributed by atoms with Crippen molar-refractivity contribution in [3.63, 3.8) is 0 Å². The number of aromatic nitrogens is 2. The van der Waals surface area contributed by atoms with Gasteiger partial charge < -0.3 is 4.84 Å². The van der Waals surface area contributed by atoms with Crippen LogP contribution in [0.4, 0.5) is 26.3 Å². The Morgan fingerprint density at radius 2 is 1.79 bits per heavy atom. The van der Waals surface area contributed by atoms with Crippen molar-refractivity contribution in [3.05, 3.63) is 39.1 Å². The van der Waals surface area contributed by atoms with E-state index >= 15 is 0 Å². The number of halogens is 6. The van der Waals surface area contributed by atoms with Crippen LogP contribution in [0.1, 0.15) is 68.4 Å². The highest BCUT2D eigenvalue weighted by Gasteiger charge is 2.34. The van der Waals surface area contributed by atoms with Crippen LogP contribution in [0.3, 0.4) is 0 Å². The molecule has 0 N–H and O–H groups in total. The number of carbonyl (C=O) groups excluding carboxylic acids is 1. The molecule has 1 aromatic heterocycles. The third-order valence-electron chi connectivity index (χ3n) is 4.41. The van der Waals surface area contributed by atoms with E-state index in [9.17, 15) is 31.1 Å². The zero-order valence-electron chi connectivity index (χ0n) is 19.1. The Morgan fingerprint density at radius 1 is 1.15 bits per heavy atom. The lowest BCUT2D eigenvalue weighted by molar-refractivity contribution is -0.137. The number of oxime groups is 1. The van der Waals surface area contributed by atoms with Crippen LogP contribution in [0.2, 0.25) is 0 Å². The molecule has 1 amide bonds. The molecular formula is C21H24F6N4O2S. The third-order valence-corrected chi connectivity index (χ3v) is 5.78. The molecule has 34 heavy (non-hydrogen) atoms. The van der Waals surface area contributed by atoms with Crippen molar-refractivity contribution in [2.75, 3.05) is 0 Å². The number of alkyl halides is 6. The number of carbonyl (C=O) groups is 1. The minimum absolute atomic E-state index is 0.154. The van der Waals surface area contributed by atoms with Crippen molar-refractivity contribution in [3.8, 4) is 5.75 Å². The molecule has 0 saturated heterocycles. The molecule has 2 aromatic rings. The van der Waals surface area contributed by atoms with E-state index in [-0.39, 0.29) is 10.2 Å². The van der Waals surface area contributed by atoms with Gasteiger partial charge in [0.15, 0.2) is 11.5 Å². The van der Waals surface area contributed by atoms with Crippen molar-refractivity contribution >= 4 is 23.0 Å². The van der Waals surface area contributed by atoms with Gasteiger partial charge in [-0.15, -0.1) is 0 Å². The quantitative estimate of drug-likeness (QED) is 0.267. The van der Waals surface area contributed by atoms with Gasteiger partial charge in [0.1, 0.15) is 5.01 Å². The van der Waals surface area contributed by atoms with Crippen LogP contribution >= 0.6 is 11.3 Å². The van der Waals surface area contributed by atoms with E-state index in [0.29, 0.717) is 30.6 Å². The van der Waals surface area contributed by atoms with Gasteiger partial charge in [0, 0.05) is 12.0 Å². The van der Waals surface area contributed by atoms with Crippen LogP contribution in [0.5, 0.6) is 5.75 Å². The Hall–Kier alpha value is -2.70. The molecule has 0 unspecified atom stereocenters. The Bertz CT molecular complexity index is 1120. The third kappa shape index (κ3) is 7.15. The van der Waals surface area contributed by atoms with Gasteiger partial charge in [-0.2, -0.15) is 36.4 Å². The van der Waals surface area contributed by atoms with E-state index in [1.807, 2.05) is 27.7 Å². The first kappa shape index (κ1) is 27.5. The highest BCUT2D eigenvalue weighted by atomic mass is 32.1. The normalized spacial score (nSPS) is 14.0. The first-order valence-corrected chi connectivity index (χ1v) is 11.0. The molecule has 13 heteroatoms. The summed E-state index contributed by atoms with van der Waals surface area (Å²) in [6, 6.07) is 1.79. The fourth-order valence-electron chi connectivity index (χ4n) is 2.42. The molecular weight excluding hydrogens is 486 g/mol. The summed E-state index contributed by atoms with van der Waals surface area (Å²) < 4.78 is 79.3. The summed E-state index contributed by atoms with van der Waals surface area (Å²) >= 11 is 1.10. The van der Waals surface area contributed by atoms with E-state index in [1.165, 1.54) is 4.68 Å².